The van der Waals surface area contributed by atoms with Gasteiger partial charge < -0.3 is 5.73 Å². The van der Waals surface area contributed by atoms with Gasteiger partial charge >= 0.3 is 0 Å². The molecule has 1 aromatic heterocycles. The summed E-state index contributed by atoms with van der Waals surface area (Å²) in [5, 5.41) is 0.878. The number of halogens is 1. The summed E-state index contributed by atoms with van der Waals surface area (Å²) < 4.78 is 13.2. The lowest BCUT2D eigenvalue weighted by Crippen LogP contribution is -2.01. The van der Waals surface area contributed by atoms with E-state index in [0.29, 0.717) is 6.54 Å². The lowest BCUT2D eigenvalue weighted by molar-refractivity contribution is 0.628. The molecule has 2 nitrogen and oxygen atoms in total. The summed E-state index contributed by atoms with van der Waals surface area (Å²) in [5.41, 5.74) is 8.47. The molecule has 4 heteroatoms. The number of aryl methyl sites for hydroxylation is 2. The minimum Gasteiger partial charge on any atom is -0.330 e. The average molecular weight is 250 g/mol. The van der Waals surface area contributed by atoms with E-state index in [-0.39, 0.29) is 5.82 Å². The molecule has 2 N–H and O–H groups in total. The summed E-state index contributed by atoms with van der Waals surface area (Å²) in [6, 6.07) is 4.80. The zero-order valence-corrected chi connectivity index (χ0v) is 10.8. The monoisotopic (exact) mass is 250 g/mol. The van der Waals surface area contributed by atoms with E-state index in [1.807, 2.05) is 13.8 Å². The first-order chi connectivity index (χ1) is 8.11. The SMILES string of the molecule is Cc1ccc(F)cc1-c1nc(C)c(CCN)s1. The van der Waals surface area contributed by atoms with Crippen molar-refractivity contribution in [3.8, 4) is 10.6 Å². The first-order valence-corrected chi connectivity index (χ1v) is 6.36. The van der Waals surface area contributed by atoms with E-state index in [9.17, 15) is 4.39 Å². The highest BCUT2D eigenvalue weighted by molar-refractivity contribution is 7.15. The molecule has 17 heavy (non-hydrogen) atoms. The van der Waals surface area contributed by atoms with Crippen LogP contribution in [0.2, 0.25) is 0 Å². The lowest BCUT2D eigenvalue weighted by atomic mass is 10.1. The van der Waals surface area contributed by atoms with Crippen molar-refractivity contribution >= 4 is 11.3 Å². The van der Waals surface area contributed by atoms with Crippen LogP contribution < -0.4 is 5.73 Å². The van der Waals surface area contributed by atoms with Crippen LogP contribution in [0.1, 0.15) is 16.1 Å². The first kappa shape index (κ1) is 12.2. The molecule has 0 saturated heterocycles. The normalized spacial score (nSPS) is 10.8. The van der Waals surface area contributed by atoms with E-state index in [1.54, 1.807) is 23.5 Å². The number of nitrogens with zero attached hydrogens (tertiary/aromatic N) is 1. The van der Waals surface area contributed by atoms with Crippen molar-refractivity contribution < 1.29 is 4.39 Å². The third-order valence-electron chi connectivity index (χ3n) is 2.69. The second kappa shape index (κ2) is 4.94. The van der Waals surface area contributed by atoms with Gasteiger partial charge in [0.15, 0.2) is 0 Å². The number of nitrogens with two attached hydrogens (primary N) is 1. The van der Waals surface area contributed by atoms with Crippen molar-refractivity contribution in [2.75, 3.05) is 6.54 Å². The summed E-state index contributed by atoms with van der Waals surface area (Å²) in [7, 11) is 0. The standard InChI is InChI=1S/C13H15FN2S/c1-8-3-4-10(14)7-11(8)13-16-9(2)12(17-13)5-6-15/h3-4,7H,5-6,15H2,1-2H3. The Labute approximate surface area is 104 Å². The highest BCUT2D eigenvalue weighted by atomic mass is 32.1. The Balaban J connectivity index is 2.45. The molecule has 0 fully saturated rings. The molecule has 0 bridgehead atoms. The number of thiazole rings is 1. The van der Waals surface area contributed by atoms with Gasteiger partial charge in [-0.2, -0.15) is 0 Å². The predicted octanol–water partition coefficient (Wildman–Crippen LogP) is 3.07. The van der Waals surface area contributed by atoms with Crippen LogP contribution in [0.4, 0.5) is 4.39 Å². The van der Waals surface area contributed by atoms with E-state index < -0.39 is 0 Å². The summed E-state index contributed by atoms with van der Waals surface area (Å²) >= 11 is 1.60. The van der Waals surface area contributed by atoms with E-state index in [4.69, 9.17) is 5.73 Å². The van der Waals surface area contributed by atoms with E-state index >= 15 is 0 Å². The number of aromatic nitrogens is 1. The van der Waals surface area contributed by atoms with Crippen molar-refractivity contribution in [3.05, 3.63) is 40.2 Å². The van der Waals surface area contributed by atoms with Gasteiger partial charge in [0, 0.05) is 10.4 Å². The van der Waals surface area contributed by atoms with Crippen molar-refractivity contribution in [2.45, 2.75) is 20.3 Å². The van der Waals surface area contributed by atoms with Gasteiger partial charge in [-0.3, -0.25) is 0 Å². The minimum absolute atomic E-state index is 0.223. The van der Waals surface area contributed by atoms with Crippen LogP contribution >= 0.6 is 11.3 Å². The van der Waals surface area contributed by atoms with Crippen LogP contribution in [0.5, 0.6) is 0 Å². The van der Waals surface area contributed by atoms with Crippen molar-refractivity contribution in [2.24, 2.45) is 5.73 Å². The minimum atomic E-state index is -0.223. The summed E-state index contributed by atoms with van der Waals surface area (Å²) in [5.74, 6) is -0.223. The fourth-order valence-electron chi connectivity index (χ4n) is 1.73. The largest absolute Gasteiger partial charge is 0.330 e. The Morgan fingerprint density at radius 2 is 2.12 bits per heavy atom. The third kappa shape index (κ3) is 2.53. The summed E-state index contributed by atoms with van der Waals surface area (Å²) in [6.07, 6.45) is 0.831. The molecule has 0 amide bonds. The molecular weight excluding hydrogens is 235 g/mol. The second-order valence-corrected chi connectivity index (χ2v) is 5.11. The molecule has 90 valence electrons. The summed E-state index contributed by atoms with van der Waals surface area (Å²) in [4.78, 5) is 5.68. The number of benzene rings is 1. The Morgan fingerprint density at radius 1 is 1.35 bits per heavy atom. The van der Waals surface area contributed by atoms with Crippen LogP contribution in [0.25, 0.3) is 10.6 Å². The molecule has 0 aliphatic heterocycles. The number of hydrogen-bond donors (Lipinski definition) is 1. The number of rotatable bonds is 3. The van der Waals surface area contributed by atoms with Gasteiger partial charge in [-0.05, 0) is 44.5 Å². The number of hydrogen-bond acceptors (Lipinski definition) is 3. The van der Waals surface area contributed by atoms with E-state index in [1.165, 1.54) is 10.9 Å². The summed E-state index contributed by atoms with van der Waals surface area (Å²) in [6.45, 7) is 4.55. The quantitative estimate of drug-likeness (QED) is 0.909. The van der Waals surface area contributed by atoms with Crippen LogP contribution in [0.15, 0.2) is 18.2 Å². The van der Waals surface area contributed by atoms with Gasteiger partial charge in [0.05, 0.1) is 5.69 Å². The van der Waals surface area contributed by atoms with Gasteiger partial charge in [0.1, 0.15) is 10.8 Å². The maximum atomic E-state index is 13.2. The molecule has 0 aliphatic rings. The second-order valence-electron chi connectivity index (χ2n) is 4.03. The van der Waals surface area contributed by atoms with Crippen LogP contribution in [0.3, 0.4) is 0 Å². The zero-order chi connectivity index (χ0) is 12.4. The fourth-order valence-corrected chi connectivity index (χ4v) is 2.89. The third-order valence-corrected chi connectivity index (χ3v) is 3.94. The predicted molar refractivity (Wildman–Crippen MR) is 69.7 cm³/mol. The Hall–Kier alpha value is -1.26. The highest BCUT2D eigenvalue weighted by Gasteiger charge is 2.11. The van der Waals surface area contributed by atoms with Crippen LogP contribution in [0, 0.1) is 19.7 Å². The maximum Gasteiger partial charge on any atom is 0.124 e. The van der Waals surface area contributed by atoms with Gasteiger partial charge in [0.25, 0.3) is 0 Å². The van der Waals surface area contributed by atoms with Gasteiger partial charge in [-0.1, -0.05) is 6.07 Å². The smallest absolute Gasteiger partial charge is 0.124 e. The topological polar surface area (TPSA) is 38.9 Å². The molecular formula is C13H15FN2S. The Kier molecular flexibility index (Phi) is 3.54. The van der Waals surface area contributed by atoms with Gasteiger partial charge in [-0.25, -0.2) is 9.37 Å². The lowest BCUT2D eigenvalue weighted by Gasteiger charge is -2.01. The van der Waals surface area contributed by atoms with Crippen LogP contribution in [-0.4, -0.2) is 11.5 Å². The zero-order valence-electron chi connectivity index (χ0n) is 9.96. The molecule has 0 spiro atoms. The highest BCUT2D eigenvalue weighted by Crippen LogP contribution is 2.30. The van der Waals surface area contributed by atoms with Crippen LogP contribution in [-0.2, 0) is 6.42 Å². The fraction of sp³-hybridized carbons (Fsp3) is 0.308. The molecule has 0 radical (unpaired) electrons. The first-order valence-electron chi connectivity index (χ1n) is 5.54. The average Bonchev–Trinajstić information content (AvgIpc) is 2.64. The van der Waals surface area contributed by atoms with Gasteiger partial charge in [-0.15, -0.1) is 11.3 Å². The molecule has 0 atom stereocenters. The molecule has 0 saturated carbocycles. The van der Waals surface area contributed by atoms with E-state index in [0.717, 1.165) is 28.2 Å². The maximum absolute atomic E-state index is 13.2. The molecule has 1 aromatic carbocycles. The molecule has 0 aliphatic carbocycles. The van der Waals surface area contributed by atoms with Crippen molar-refractivity contribution in [1.29, 1.82) is 0 Å². The molecule has 1 heterocycles. The Morgan fingerprint density at radius 3 is 2.82 bits per heavy atom. The molecule has 2 rings (SSSR count). The molecule has 0 unspecified atom stereocenters. The Bertz CT molecular complexity index is 534. The van der Waals surface area contributed by atoms with Gasteiger partial charge in [0.2, 0.25) is 0 Å². The van der Waals surface area contributed by atoms with Crippen molar-refractivity contribution in [1.82, 2.24) is 4.98 Å². The molecule has 2 aromatic rings. The van der Waals surface area contributed by atoms with E-state index in [2.05, 4.69) is 4.98 Å². The van der Waals surface area contributed by atoms with Crippen molar-refractivity contribution in [3.63, 3.8) is 0 Å².